The predicted molar refractivity (Wildman–Crippen MR) is 122 cm³/mol. The van der Waals surface area contributed by atoms with Crippen LogP contribution in [0.15, 0.2) is 77.9 Å². The molecule has 0 radical (unpaired) electrons. The van der Waals surface area contributed by atoms with E-state index in [0.717, 1.165) is 28.0 Å². The van der Waals surface area contributed by atoms with Gasteiger partial charge in [0.1, 0.15) is 5.75 Å². The summed E-state index contributed by atoms with van der Waals surface area (Å²) in [7, 11) is 0. The molecule has 0 aromatic heterocycles. The molecule has 0 atom stereocenters. The average molecular weight is 421 g/mol. The van der Waals surface area contributed by atoms with Crippen LogP contribution in [0.3, 0.4) is 0 Å². The minimum Gasteiger partial charge on any atom is -0.484 e. The maximum atomic E-state index is 12.3. The Morgan fingerprint density at radius 2 is 1.47 bits per heavy atom. The van der Waals surface area contributed by atoms with Crippen LogP contribution in [0.1, 0.15) is 35.1 Å². The van der Waals surface area contributed by atoms with E-state index in [-0.39, 0.29) is 18.4 Å². The summed E-state index contributed by atoms with van der Waals surface area (Å²) in [6.07, 6.45) is 0. The molecule has 4 nitrogen and oxygen atoms in total. The van der Waals surface area contributed by atoms with Gasteiger partial charge in [-0.3, -0.25) is 4.79 Å². The number of hydrogen-bond donors (Lipinski definition) is 1. The zero-order valence-electron chi connectivity index (χ0n) is 17.4. The van der Waals surface area contributed by atoms with Crippen molar-refractivity contribution in [3.8, 4) is 5.75 Å². The second-order valence-electron chi connectivity index (χ2n) is 7.20. The summed E-state index contributed by atoms with van der Waals surface area (Å²) in [6.45, 7) is 5.60. The minimum absolute atomic E-state index is 0.0461. The molecular formula is C25H25ClN2O2. The summed E-state index contributed by atoms with van der Waals surface area (Å²) < 4.78 is 5.61. The summed E-state index contributed by atoms with van der Waals surface area (Å²) in [6, 6.07) is 23.9. The van der Waals surface area contributed by atoms with Crippen molar-refractivity contribution in [2.45, 2.75) is 26.7 Å². The number of hydrazone groups is 1. The molecule has 0 unspecified atom stereocenters. The second-order valence-corrected chi connectivity index (χ2v) is 7.58. The maximum absolute atomic E-state index is 12.3. The van der Waals surface area contributed by atoms with Crippen LogP contribution in [0, 0.1) is 13.8 Å². The van der Waals surface area contributed by atoms with Gasteiger partial charge in [-0.2, -0.15) is 5.10 Å². The number of nitrogens with zero attached hydrogens (tertiary/aromatic N) is 1. The number of aryl methyl sites for hydroxylation is 2. The highest BCUT2D eigenvalue weighted by molar-refractivity contribution is 6.32. The van der Waals surface area contributed by atoms with Crippen molar-refractivity contribution in [2.24, 2.45) is 5.10 Å². The quantitative estimate of drug-likeness (QED) is 0.396. The number of hydrogen-bond acceptors (Lipinski definition) is 3. The van der Waals surface area contributed by atoms with Gasteiger partial charge in [-0.1, -0.05) is 72.3 Å². The van der Waals surface area contributed by atoms with E-state index in [4.69, 9.17) is 16.3 Å². The van der Waals surface area contributed by atoms with Crippen LogP contribution in [0.4, 0.5) is 0 Å². The van der Waals surface area contributed by atoms with Crippen LogP contribution in [0.2, 0.25) is 5.02 Å². The fourth-order valence-electron chi connectivity index (χ4n) is 3.35. The Hall–Kier alpha value is -3.11. The number of halogens is 1. The molecule has 1 N–H and O–H groups in total. The van der Waals surface area contributed by atoms with Gasteiger partial charge in [0.25, 0.3) is 5.91 Å². The van der Waals surface area contributed by atoms with Crippen molar-refractivity contribution < 1.29 is 9.53 Å². The molecule has 0 saturated heterocycles. The third-order valence-electron chi connectivity index (χ3n) is 4.82. The Kier molecular flexibility index (Phi) is 7.26. The molecule has 0 fully saturated rings. The van der Waals surface area contributed by atoms with Gasteiger partial charge in [-0.15, -0.1) is 0 Å². The van der Waals surface area contributed by atoms with Gasteiger partial charge in [-0.25, -0.2) is 5.43 Å². The predicted octanol–water partition coefficient (Wildman–Crippen LogP) is 5.66. The van der Waals surface area contributed by atoms with Crippen LogP contribution in [-0.4, -0.2) is 18.2 Å². The van der Waals surface area contributed by atoms with Crippen molar-refractivity contribution >= 4 is 23.2 Å². The Labute approximate surface area is 182 Å². The van der Waals surface area contributed by atoms with E-state index >= 15 is 0 Å². The summed E-state index contributed by atoms with van der Waals surface area (Å²) >= 11 is 6.17. The SMILES string of the molecule is C/C(=N\NC(=O)COc1cc(C)c(Cl)c(C)c1)C(c1ccccc1)c1ccccc1. The molecule has 0 aliphatic rings. The zero-order chi connectivity index (χ0) is 21.5. The lowest BCUT2D eigenvalue weighted by Gasteiger charge is -2.18. The first kappa shape index (κ1) is 21.6. The van der Waals surface area contributed by atoms with Gasteiger partial charge in [0, 0.05) is 16.7 Å². The topological polar surface area (TPSA) is 50.7 Å². The van der Waals surface area contributed by atoms with Crippen LogP contribution in [0.5, 0.6) is 5.75 Å². The standard InChI is InChI=1S/C25H25ClN2O2/c1-17-14-22(15-18(2)25(17)26)30-16-23(29)28-27-19(3)24(20-10-6-4-7-11-20)21-12-8-5-9-13-21/h4-15,24H,16H2,1-3H3,(H,28,29)/b27-19+. The third-order valence-corrected chi connectivity index (χ3v) is 5.42. The minimum atomic E-state index is -0.320. The molecule has 154 valence electrons. The molecule has 0 aliphatic carbocycles. The van der Waals surface area contributed by atoms with Crippen molar-refractivity contribution in [2.75, 3.05) is 6.61 Å². The summed E-state index contributed by atoms with van der Waals surface area (Å²) in [5.74, 6) is 0.242. The third kappa shape index (κ3) is 5.49. The van der Waals surface area contributed by atoms with Crippen molar-refractivity contribution in [3.05, 3.63) is 100 Å². The lowest BCUT2D eigenvalue weighted by molar-refractivity contribution is -0.123. The largest absolute Gasteiger partial charge is 0.484 e. The van der Waals surface area contributed by atoms with Gasteiger partial charge >= 0.3 is 0 Å². The normalized spacial score (nSPS) is 11.4. The zero-order valence-corrected chi connectivity index (χ0v) is 18.1. The van der Waals surface area contributed by atoms with Crippen LogP contribution in [-0.2, 0) is 4.79 Å². The maximum Gasteiger partial charge on any atom is 0.277 e. The molecule has 3 rings (SSSR count). The molecule has 3 aromatic rings. The van der Waals surface area contributed by atoms with Crippen molar-refractivity contribution in [3.63, 3.8) is 0 Å². The molecule has 1 amide bonds. The summed E-state index contributed by atoms with van der Waals surface area (Å²) in [4.78, 5) is 12.3. The molecule has 0 aliphatic heterocycles. The molecule has 0 heterocycles. The Balaban J connectivity index is 1.69. The van der Waals surface area contributed by atoms with Crippen LogP contribution in [0.25, 0.3) is 0 Å². The van der Waals surface area contributed by atoms with E-state index in [0.29, 0.717) is 10.8 Å². The highest BCUT2D eigenvalue weighted by Crippen LogP contribution is 2.27. The van der Waals surface area contributed by atoms with E-state index in [2.05, 4.69) is 34.8 Å². The second kappa shape index (κ2) is 10.1. The number of benzene rings is 3. The fraction of sp³-hybridized carbons (Fsp3) is 0.200. The van der Waals surface area contributed by atoms with Gasteiger partial charge in [0.2, 0.25) is 0 Å². The Morgan fingerprint density at radius 1 is 0.967 bits per heavy atom. The number of amides is 1. The van der Waals surface area contributed by atoms with E-state index in [9.17, 15) is 4.79 Å². The van der Waals surface area contributed by atoms with Crippen molar-refractivity contribution in [1.82, 2.24) is 5.43 Å². The average Bonchev–Trinajstić information content (AvgIpc) is 2.76. The first-order valence-corrected chi connectivity index (χ1v) is 10.2. The van der Waals surface area contributed by atoms with E-state index < -0.39 is 0 Å². The lowest BCUT2D eigenvalue weighted by atomic mass is 9.88. The van der Waals surface area contributed by atoms with Crippen molar-refractivity contribution in [1.29, 1.82) is 0 Å². The highest BCUT2D eigenvalue weighted by atomic mass is 35.5. The van der Waals surface area contributed by atoms with E-state index in [1.807, 2.05) is 69.3 Å². The molecule has 5 heteroatoms. The van der Waals surface area contributed by atoms with Gasteiger partial charge in [0.05, 0.1) is 0 Å². The Morgan fingerprint density at radius 3 is 1.97 bits per heavy atom. The van der Waals surface area contributed by atoms with Gasteiger partial charge < -0.3 is 4.74 Å². The number of nitrogens with one attached hydrogen (secondary N) is 1. The summed E-state index contributed by atoms with van der Waals surface area (Å²) in [5, 5.41) is 5.06. The molecule has 30 heavy (non-hydrogen) atoms. The molecule has 0 saturated carbocycles. The van der Waals surface area contributed by atoms with Gasteiger partial charge in [0.15, 0.2) is 6.61 Å². The van der Waals surface area contributed by atoms with E-state index in [1.165, 1.54) is 0 Å². The highest BCUT2D eigenvalue weighted by Gasteiger charge is 2.17. The lowest BCUT2D eigenvalue weighted by Crippen LogP contribution is -2.26. The van der Waals surface area contributed by atoms with E-state index in [1.54, 1.807) is 0 Å². The van der Waals surface area contributed by atoms with Crippen LogP contribution < -0.4 is 10.2 Å². The molecular weight excluding hydrogens is 396 g/mol. The number of ether oxygens (including phenoxy) is 1. The smallest absolute Gasteiger partial charge is 0.277 e. The number of carbonyl (C=O) groups is 1. The summed E-state index contributed by atoms with van der Waals surface area (Å²) in [5.41, 5.74) is 7.45. The first-order valence-electron chi connectivity index (χ1n) is 9.78. The number of rotatable bonds is 7. The number of carbonyl (C=O) groups excluding carboxylic acids is 1. The van der Waals surface area contributed by atoms with Crippen LogP contribution >= 0.6 is 11.6 Å². The monoisotopic (exact) mass is 420 g/mol. The molecule has 3 aromatic carbocycles. The molecule has 0 spiro atoms. The van der Waals surface area contributed by atoms with Gasteiger partial charge in [-0.05, 0) is 55.2 Å². The molecule has 0 bridgehead atoms. The Bertz CT molecular complexity index is 971. The fourth-order valence-corrected chi connectivity index (χ4v) is 3.46. The first-order chi connectivity index (χ1) is 14.5.